The van der Waals surface area contributed by atoms with Crippen LogP contribution in [0.5, 0.6) is 0 Å². The Bertz CT molecular complexity index is 106. The van der Waals surface area contributed by atoms with Crippen LogP contribution >= 0.6 is 15.9 Å². The van der Waals surface area contributed by atoms with Crippen molar-refractivity contribution in [3.05, 3.63) is 0 Å². The fraction of sp³-hybridized carbons (Fsp3) is 1.00. The van der Waals surface area contributed by atoms with E-state index in [4.69, 9.17) is 0 Å². The molecule has 1 nitrogen and oxygen atoms in total. The normalized spacial score (nSPS) is 25.4. The lowest BCUT2D eigenvalue weighted by Gasteiger charge is -2.33. The first-order chi connectivity index (χ1) is 5.24. The first-order valence-electron chi connectivity index (χ1n) is 4.62. The lowest BCUT2D eigenvalue weighted by atomic mass is 9.94. The minimum absolute atomic E-state index is 0.570. The monoisotopic (exact) mass is 219 g/mol. The van der Waals surface area contributed by atoms with Crippen molar-refractivity contribution in [1.82, 2.24) is 4.90 Å². The van der Waals surface area contributed by atoms with Crippen LogP contribution in [-0.2, 0) is 0 Å². The second-order valence-corrected chi connectivity index (χ2v) is 4.79. The van der Waals surface area contributed by atoms with Crippen LogP contribution < -0.4 is 0 Å². The molecule has 1 saturated heterocycles. The van der Waals surface area contributed by atoms with Crippen molar-refractivity contribution < 1.29 is 0 Å². The van der Waals surface area contributed by atoms with Gasteiger partial charge in [0.15, 0.2) is 0 Å². The Hall–Kier alpha value is 0.440. The molecule has 0 aliphatic carbocycles. The van der Waals surface area contributed by atoms with Crippen LogP contribution in [-0.4, -0.2) is 22.9 Å². The molecule has 0 aromatic carbocycles. The Balaban J connectivity index is 2.24. The number of alkyl halides is 1. The van der Waals surface area contributed by atoms with E-state index < -0.39 is 0 Å². The van der Waals surface area contributed by atoms with Crippen molar-refractivity contribution in [1.29, 1.82) is 0 Å². The minimum atomic E-state index is 0.570. The van der Waals surface area contributed by atoms with Crippen molar-refractivity contribution in [2.24, 2.45) is 5.92 Å². The summed E-state index contributed by atoms with van der Waals surface area (Å²) in [6, 6.07) is 0. The Morgan fingerprint density at radius 2 is 2.00 bits per heavy atom. The number of likely N-dealkylation sites (tertiary alicyclic amines) is 1. The van der Waals surface area contributed by atoms with Gasteiger partial charge in [-0.2, -0.15) is 0 Å². The summed E-state index contributed by atoms with van der Waals surface area (Å²) < 4.78 is 0. The van der Waals surface area contributed by atoms with Crippen LogP contribution in [0.3, 0.4) is 0 Å². The molecule has 0 aromatic rings. The molecule has 1 heterocycles. The Labute approximate surface area is 78.3 Å². The molecule has 1 unspecified atom stereocenters. The Kier molecular flexibility index (Phi) is 3.86. The van der Waals surface area contributed by atoms with Gasteiger partial charge in [0.1, 0.15) is 0 Å². The zero-order valence-corrected chi connectivity index (χ0v) is 9.10. The second-order valence-electron chi connectivity index (χ2n) is 3.46. The van der Waals surface area contributed by atoms with Gasteiger partial charge in [0.2, 0.25) is 0 Å². The Morgan fingerprint density at radius 1 is 1.45 bits per heavy atom. The van der Waals surface area contributed by atoms with E-state index in [9.17, 15) is 0 Å². The zero-order valence-electron chi connectivity index (χ0n) is 7.52. The number of nitrogens with zero attached hydrogens (tertiary/aromatic N) is 1. The van der Waals surface area contributed by atoms with E-state index in [1.165, 1.54) is 32.4 Å². The highest BCUT2D eigenvalue weighted by Gasteiger charge is 2.19. The van der Waals surface area contributed by atoms with Gasteiger partial charge in [0.05, 0.1) is 4.95 Å². The molecule has 1 rings (SSSR count). The largest absolute Gasteiger partial charge is 0.291 e. The summed E-state index contributed by atoms with van der Waals surface area (Å²) in [6.45, 7) is 7.08. The number of rotatable bonds is 2. The molecule has 1 aliphatic heterocycles. The number of piperidine rings is 1. The number of halogens is 1. The van der Waals surface area contributed by atoms with Crippen molar-refractivity contribution in [3.63, 3.8) is 0 Å². The first-order valence-corrected chi connectivity index (χ1v) is 5.53. The smallest absolute Gasteiger partial charge is 0.0627 e. The van der Waals surface area contributed by atoms with Gasteiger partial charge < -0.3 is 0 Å². The molecule has 1 atom stereocenters. The van der Waals surface area contributed by atoms with Gasteiger partial charge in [0.25, 0.3) is 0 Å². The maximum absolute atomic E-state index is 3.60. The van der Waals surface area contributed by atoms with Crippen LogP contribution in [0.2, 0.25) is 0 Å². The van der Waals surface area contributed by atoms with Gasteiger partial charge in [0, 0.05) is 0 Å². The zero-order chi connectivity index (χ0) is 8.27. The van der Waals surface area contributed by atoms with Gasteiger partial charge in [-0.25, -0.2) is 0 Å². The summed E-state index contributed by atoms with van der Waals surface area (Å²) in [6.07, 6.45) is 4.16. The molecule has 0 N–H and O–H groups in total. The first kappa shape index (κ1) is 9.53. The lowest BCUT2D eigenvalue weighted by Crippen LogP contribution is -2.36. The van der Waals surface area contributed by atoms with Gasteiger partial charge >= 0.3 is 0 Å². The van der Waals surface area contributed by atoms with Gasteiger partial charge in [-0.3, -0.25) is 4.90 Å². The van der Waals surface area contributed by atoms with Crippen LogP contribution in [0, 0.1) is 5.92 Å². The molecular formula is C9H18BrN. The van der Waals surface area contributed by atoms with Crippen LogP contribution in [0.25, 0.3) is 0 Å². The summed E-state index contributed by atoms with van der Waals surface area (Å²) in [4.78, 5) is 3.08. The quantitative estimate of drug-likeness (QED) is 0.511. The second kappa shape index (κ2) is 4.46. The molecule has 11 heavy (non-hydrogen) atoms. The van der Waals surface area contributed by atoms with Gasteiger partial charge in [-0.1, -0.05) is 29.3 Å². The van der Waals surface area contributed by atoms with E-state index >= 15 is 0 Å². The van der Waals surface area contributed by atoms with Crippen molar-refractivity contribution in [2.75, 3.05) is 13.1 Å². The number of hydrogen-bond acceptors (Lipinski definition) is 1. The standard InChI is InChI=1S/C9H18BrN/c1-3-9-4-6-11(7-5-9)8(2)10/h8-9H,3-7H2,1-2H3. The van der Waals surface area contributed by atoms with E-state index in [2.05, 4.69) is 34.7 Å². The molecule has 0 aromatic heterocycles. The molecule has 2 heteroatoms. The highest BCUT2D eigenvalue weighted by molar-refractivity contribution is 9.09. The minimum Gasteiger partial charge on any atom is -0.291 e. The third-order valence-corrected chi connectivity index (χ3v) is 3.31. The molecular weight excluding hydrogens is 202 g/mol. The SMILES string of the molecule is CCC1CCN(C(C)Br)CC1. The van der Waals surface area contributed by atoms with Gasteiger partial charge in [-0.15, -0.1) is 0 Å². The molecule has 1 fully saturated rings. The van der Waals surface area contributed by atoms with Crippen LogP contribution in [0.15, 0.2) is 0 Å². The summed E-state index contributed by atoms with van der Waals surface area (Å²) >= 11 is 3.60. The van der Waals surface area contributed by atoms with E-state index in [-0.39, 0.29) is 0 Å². The summed E-state index contributed by atoms with van der Waals surface area (Å²) in [5.74, 6) is 0.998. The molecule has 1 aliphatic rings. The molecule has 0 bridgehead atoms. The van der Waals surface area contributed by atoms with Gasteiger partial charge in [-0.05, 0) is 38.8 Å². The average molecular weight is 220 g/mol. The summed E-state index contributed by atoms with van der Waals surface area (Å²) in [5.41, 5.74) is 0. The highest BCUT2D eigenvalue weighted by atomic mass is 79.9. The maximum Gasteiger partial charge on any atom is 0.0627 e. The Morgan fingerprint density at radius 3 is 2.36 bits per heavy atom. The van der Waals surface area contributed by atoms with E-state index in [0.717, 1.165) is 5.92 Å². The average Bonchev–Trinajstić information content (AvgIpc) is 2.05. The van der Waals surface area contributed by atoms with E-state index in [0.29, 0.717) is 4.95 Å². The molecule has 0 spiro atoms. The fourth-order valence-electron chi connectivity index (χ4n) is 1.72. The topological polar surface area (TPSA) is 3.24 Å². The predicted octanol–water partition coefficient (Wildman–Crippen LogP) is 2.85. The van der Waals surface area contributed by atoms with E-state index in [1.54, 1.807) is 0 Å². The fourth-order valence-corrected chi connectivity index (χ4v) is 2.13. The molecule has 0 radical (unpaired) electrons. The van der Waals surface area contributed by atoms with Crippen LogP contribution in [0.1, 0.15) is 33.1 Å². The third kappa shape index (κ3) is 2.75. The summed E-state index contributed by atoms with van der Waals surface area (Å²) in [7, 11) is 0. The lowest BCUT2D eigenvalue weighted by molar-refractivity contribution is 0.179. The number of hydrogen-bond donors (Lipinski definition) is 0. The van der Waals surface area contributed by atoms with Crippen molar-refractivity contribution in [3.8, 4) is 0 Å². The predicted molar refractivity (Wildman–Crippen MR) is 53.0 cm³/mol. The third-order valence-electron chi connectivity index (χ3n) is 2.73. The van der Waals surface area contributed by atoms with Crippen molar-refractivity contribution >= 4 is 15.9 Å². The van der Waals surface area contributed by atoms with Crippen molar-refractivity contribution in [2.45, 2.75) is 38.1 Å². The molecule has 66 valence electrons. The molecule has 0 saturated carbocycles. The highest BCUT2D eigenvalue weighted by Crippen LogP contribution is 2.22. The maximum atomic E-state index is 3.60. The van der Waals surface area contributed by atoms with Crippen LogP contribution in [0.4, 0.5) is 0 Å². The van der Waals surface area contributed by atoms with E-state index in [1.807, 2.05) is 0 Å². The molecule has 0 amide bonds. The summed E-state index contributed by atoms with van der Waals surface area (Å²) in [5, 5.41) is 0.